The molecule has 0 aliphatic carbocycles. The van der Waals surface area contributed by atoms with Crippen LogP contribution in [-0.4, -0.2) is 13.7 Å². The number of methoxy groups -OCH3 is 1. The lowest BCUT2D eigenvalue weighted by Crippen LogP contribution is -1.98. The molecule has 0 saturated carbocycles. The molecule has 0 aliphatic heterocycles. The Kier molecular flexibility index (Phi) is 3.19. The number of hydrogen-bond donors (Lipinski definition) is 1. The van der Waals surface area contributed by atoms with E-state index < -0.39 is 0 Å². The molecule has 0 atom stereocenters. The summed E-state index contributed by atoms with van der Waals surface area (Å²) in [5, 5.41) is 8.73. The quantitative estimate of drug-likeness (QED) is 0.737. The van der Waals surface area contributed by atoms with Crippen molar-refractivity contribution in [2.75, 3.05) is 19.5 Å². The first-order valence-electron chi connectivity index (χ1n) is 4.23. The van der Waals surface area contributed by atoms with Crippen LogP contribution < -0.4 is 15.2 Å². The van der Waals surface area contributed by atoms with Crippen LogP contribution in [0.5, 0.6) is 11.5 Å². The van der Waals surface area contributed by atoms with Crippen LogP contribution in [0.1, 0.15) is 12.5 Å². The van der Waals surface area contributed by atoms with Gasteiger partial charge in [-0.15, -0.1) is 0 Å². The number of nitrogens with zero attached hydrogens (tertiary/aromatic N) is 1. The number of nitriles is 1. The van der Waals surface area contributed by atoms with Crippen LogP contribution in [0.4, 0.5) is 5.69 Å². The molecule has 0 amide bonds. The van der Waals surface area contributed by atoms with E-state index >= 15 is 0 Å². The predicted octanol–water partition coefficient (Wildman–Crippen LogP) is 1.55. The molecule has 74 valence electrons. The van der Waals surface area contributed by atoms with Gasteiger partial charge in [0, 0.05) is 12.1 Å². The minimum atomic E-state index is 0.394. The second kappa shape index (κ2) is 4.38. The molecular weight excluding hydrogens is 180 g/mol. The molecule has 14 heavy (non-hydrogen) atoms. The number of ether oxygens (including phenoxy) is 2. The van der Waals surface area contributed by atoms with Crippen molar-refractivity contribution >= 4 is 5.69 Å². The second-order valence-corrected chi connectivity index (χ2v) is 2.64. The molecule has 0 aromatic heterocycles. The van der Waals surface area contributed by atoms with Crippen molar-refractivity contribution in [1.82, 2.24) is 0 Å². The molecule has 1 aromatic rings. The first-order valence-corrected chi connectivity index (χ1v) is 4.23. The normalized spacial score (nSPS) is 9.21. The zero-order valence-corrected chi connectivity index (χ0v) is 8.20. The molecule has 4 nitrogen and oxygen atoms in total. The third kappa shape index (κ3) is 1.88. The van der Waals surface area contributed by atoms with Crippen LogP contribution in [0.2, 0.25) is 0 Å². The molecule has 0 fully saturated rings. The highest BCUT2D eigenvalue weighted by Crippen LogP contribution is 2.31. The third-order valence-corrected chi connectivity index (χ3v) is 1.76. The number of nitrogens with two attached hydrogens (primary N) is 1. The van der Waals surface area contributed by atoms with Gasteiger partial charge < -0.3 is 15.2 Å². The molecule has 4 heteroatoms. The van der Waals surface area contributed by atoms with Crippen molar-refractivity contribution < 1.29 is 9.47 Å². The maximum Gasteiger partial charge on any atom is 0.163 e. The summed E-state index contributed by atoms with van der Waals surface area (Å²) >= 11 is 0. The summed E-state index contributed by atoms with van der Waals surface area (Å²) in [4.78, 5) is 0. The molecule has 0 unspecified atom stereocenters. The number of hydrogen-bond acceptors (Lipinski definition) is 4. The van der Waals surface area contributed by atoms with Crippen LogP contribution in [0.3, 0.4) is 0 Å². The molecular formula is C10H12N2O2. The van der Waals surface area contributed by atoms with Crippen LogP contribution in [0.15, 0.2) is 12.1 Å². The van der Waals surface area contributed by atoms with Crippen molar-refractivity contribution in [3.05, 3.63) is 17.7 Å². The van der Waals surface area contributed by atoms with Gasteiger partial charge in [-0.1, -0.05) is 0 Å². The molecule has 0 spiro atoms. The Morgan fingerprint density at radius 2 is 2.14 bits per heavy atom. The highest BCUT2D eigenvalue weighted by Gasteiger charge is 2.08. The summed E-state index contributed by atoms with van der Waals surface area (Å²) in [6, 6.07) is 5.15. The van der Waals surface area contributed by atoms with E-state index in [2.05, 4.69) is 0 Å². The second-order valence-electron chi connectivity index (χ2n) is 2.64. The molecule has 0 heterocycles. The van der Waals surface area contributed by atoms with Crippen LogP contribution in [0, 0.1) is 11.3 Å². The average Bonchev–Trinajstić information content (AvgIpc) is 2.19. The number of nitrogen functional groups attached to an aromatic ring is 1. The SMILES string of the molecule is CCOc1cc(N)c(C#N)cc1OC. The largest absolute Gasteiger partial charge is 0.493 e. The Morgan fingerprint density at radius 1 is 1.43 bits per heavy atom. The van der Waals surface area contributed by atoms with Gasteiger partial charge in [0.05, 0.1) is 25.0 Å². The predicted molar refractivity (Wildman–Crippen MR) is 53.3 cm³/mol. The molecule has 0 bridgehead atoms. The Hall–Kier alpha value is -1.89. The van der Waals surface area contributed by atoms with Crippen LogP contribution in [0.25, 0.3) is 0 Å². The zero-order chi connectivity index (χ0) is 10.6. The van der Waals surface area contributed by atoms with Crippen molar-refractivity contribution in [2.45, 2.75) is 6.92 Å². The summed E-state index contributed by atoms with van der Waals surface area (Å²) in [5.74, 6) is 1.09. The molecule has 0 saturated heterocycles. The monoisotopic (exact) mass is 192 g/mol. The van der Waals surface area contributed by atoms with E-state index in [1.807, 2.05) is 13.0 Å². The Labute approximate surface area is 82.9 Å². The highest BCUT2D eigenvalue weighted by molar-refractivity contribution is 5.62. The van der Waals surface area contributed by atoms with Gasteiger partial charge in [-0.05, 0) is 6.92 Å². The highest BCUT2D eigenvalue weighted by atomic mass is 16.5. The fraction of sp³-hybridized carbons (Fsp3) is 0.300. The van der Waals surface area contributed by atoms with Crippen LogP contribution in [-0.2, 0) is 0 Å². The molecule has 0 aliphatic rings. The summed E-state index contributed by atoms with van der Waals surface area (Å²) in [6.45, 7) is 2.40. The fourth-order valence-electron chi connectivity index (χ4n) is 1.10. The maximum absolute atomic E-state index is 8.73. The van der Waals surface area contributed by atoms with Crippen molar-refractivity contribution in [1.29, 1.82) is 5.26 Å². The van der Waals surface area contributed by atoms with Gasteiger partial charge >= 0.3 is 0 Å². The topological polar surface area (TPSA) is 68.3 Å². The van der Waals surface area contributed by atoms with Crippen molar-refractivity contribution in [3.63, 3.8) is 0 Å². The first kappa shape index (κ1) is 10.2. The van der Waals surface area contributed by atoms with Gasteiger partial charge in [0.15, 0.2) is 11.5 Å². The van der Waals surface area contributed by atoms with Crippen molar-refractivity contribution in [3.8, 4) is 17.6 Å². The molecule has 2 N–H and O–H groups in total. The van der Waals surface area contributed by atoms with E-state index in [9.17, 15) is 0 Å². The summed E-state index contributed by atoms with van der Waals surface area (Å²) in [5.41, 5.74) is 6.42. The number of rotatable bonds is 3. The van der Waals surface area contributed by atoms with Crippen molar-refractivity contribution in [2.24, 2.45) is 0 Å². The summed E-state index contributed by atoms with van der Waals surface area (Å²) < 4.78 is 10.4. The number of anilines is 1. The van der Waals surface area contributed by atoms with Crippen LogP contribution >= 0.6 is 0 Å². The maximum atomic E-state index is 8.73. The van der Waals surface area contributed by atoms with E-state index in [1.165, 1.54) is 7.11 Å². The van der Waals surface area contributed by atoms with E-state index in [0.717, 1.165) is 0 Å². The van der Waals surface area contributed by atoms with Gasteiger partial charge in [0.25, 0.3) is 0 Å². The number of benzene rings is 1. The molecule has 1 aromatic carbocycles. The van der Waals surface area contributed by atoms with E-state index in [1.54, 1.807) is 12.1 Å². The van der Waals surface area contributed by atoms with E-state index in [0.29, 0.717) is 29.4 Å². The Bertz CT molecular complexity index is 369. The van der Waals surface area contributed by atoms with E-state index in [4.69, 9.17) is 20.5 Å². The van der Waals surface area contributed by atoms with E-state index in [-0.39, 0.29) is 0 Å². The lowest BCUT2D eigenvalue weighted by molar-refractivity contribution is 0.311. The molecule has 1 rings (SSSR count). The first-order chi connectivity index (χ1) is 6.72. The Morgan fingerprint density at radius 3 is 2.64 bits per heavy atom. The smallest absolute Gasteiger partial charge is 0.163 e. The van der Waals surface area contributed by atoms with Gasteiger partial charge in [0.1, 0.15) is 6.07 Å². The fourth-order valence-corrected chi connectivity index (χ4v) is 1.10. The lowest BCUT2D eigenvalue weighted by atomic mass is 10.2. The van der Waals surface area contributed by atoms with Gasteiger partial charge in [0.2, 0.25) is 0 Å². The van der Waals surface area contributed by atoms with Gasteiger partial charge in [-0.25, -0.2) is 0 Å². The summed E-state index contributed by atoms with van der Waals surface area (Å²) in [6.07, 6.45) is 0. The van der Waals surface area contributed by atoms with Gasteiger partial charge in [-0.2, -0.15) is 5.26 Å². The Balaban J connectivity index is 3.18. The third-order valence-electron chi connectivity index (χ3n) is 1.76. The van der Waals surface area contributed by atoms with Gasteiger partial charge in [-0.3, -0.25) is 0 Å². The minimum absolute atomic E-state index is 0.394. The zero-order valence-electron chi connectivity index (χ0n) is 8.20. The summed E-state index contributed by atoms with van der Waals surface area (Å²) in [7, 11) is 1.52. The lowest BCUT2D eigenvalue weighted by Gasteiger charge is -2.10. The average molecular weight is 192 g/mol. The minimum Gasteiger partial charge on any atom is -0.493 e. The molecule has 0 radical (unpaired) electrons. The standard InChI is InChI=1S/C10H12N2O2/c1-3-14-10-5-8(12)7(6-11)4-9(10)13-2/h4-5H,3,12H2,1-2H3.